The maximum atomic E-state index is 6.03. The summed E-state index contributed by atoms with van der Waals surface area (Å²) in [5.74, 6) is 0. The number of rotatable bonds is 1. The molecule has 108 valence electrons. The van der Waals surface area contributed by atoms with Crippen LogP contribution in [-0.2, 0) is 4.74 Å². The number of aryl methyl sites for hydroxylation is 1. The van der Waals surface area contributed by atoms with E-state index in [1.54, 1.807) is 0 Å². The lowest BCUT2D eigenvalue weighted by Gasteiger charge is -2.37. The van der Waals surface area contributed by atoms with Gasteiger partial charge >= 0.3 is 0 Å². The largest absolute Gasteiger partial charge is 0.358 e. The van der Waals surface area contributed by atoms with Gasteiger partial charge in [-0.05, 0) is 66.6 Å². The van der Waals surface area contributed by atoms with Gasteiger partial charge in [0, 0.05) is 28.9 Å². The van der Waals surface area contributed by atoms with E-state index in [0.29, 0.717) is 0 Å². The van der Waals surface area contributed by atoms with E-state index in [-0.39, 0.29) is 6.23 Å². The third kappa shape index (κ3) is 2.79. The number of nitrogens with zero attached hydrogens (tertiary/aromatic N) is 1. The van der Waals surface area contributed by atoms with E-state index in [2.05, 4.69) is 52.0 Å². The molecule has 1 saturated heterocycles. The summed E-state index contributed by atoms with van der Waals surface area (Å²) < 4.78 is 7.24. The van der Waals surface area contributed by atoms with Crippen LogP contribution in [0.2, 0.25) is 0 Å². The van der Waals surface area contributed by atoms with E-state index in [1.807, 2.05) is 0 Å². The van der Waals surface area contributed by atoms with Crippen LogP contribution in [0.4, 0.5) is 5.69 Å². The number of fused-ring (bicyclic) bond motifs is 1. The van der Waals surface area contributed by atoms with Gasteiger partial charge in [0.05, 0.1) is 0 Å². The monoisotopic (exact) mass is 335 g/mol. The van der Waals surface area contributed by atoms with Crippen LogP contribution >= 0.6 is 15.9 Å². The van der Waals surface area contributed by atoms with E-state index in [4.69, 9.17) is 4.74 Å². The summed E-state index contributed by atoms with van der Waals surface area (Å²) in [5, 5.41) is 0. The molecule has 2 nitrogen and oxygen atoms in total. The molecule has 0 bridgehead atoms. The smallest absolute Gasteiger partial charge is 0.130 e. The zero-order chi connectivity index (χ0) is 13.9. The summed E-state index contributed by atoms with van der Waals surface area (Å²) in [7, 11) is 0. The number of allylic oxidation sites excluding steroid dienone is 1. The molecule has 2 aliphatic rings. The van der Waals surface area contributed by atoms with Crippen molar-refractivity contribution in [2.75, 3.05) is 18.1 Å². The Bertz CT molecular complexity index is 506. The van der Waals surface area contributed by atoms with Gasteiger partial charge in [0.25, 0.3) is 0 Å². The van der Waals surface area contributed by atoms with E-state index in [0.717, 1.165) is 26.0 Å². The molecule has 1 atom stereocenters. The molecule has 0 radical (unpaired) electrons. The van der Waals surface area contributed by atoms with E-state index < -0.39 is 0 Å². The fourth-order valence-corrected chi connectivity index (χ4v) is 3.54. The third-order valence-electron chi connectivity index (χ3n) is 4.22. The average molecular weight is 336 g/mol. The predicted molar refractivity (Wildman–Crippen MR) is 88.1 cm³/mol. The van der Waals surface area contributed by atoms with E-state index >= 15 is 0 Å². The predicted octanol–water partition coefficient (Wildman–Crippen LogP) is 4.90. The Kier molecular flexibility index (Phi) is 4.47. The zero-order valence-electron chi connectivity index (χ0n) is 12.1. The van der Waals surface area contributed by atoms with Crippen molar-refractivity contribution in [2.45, 2.75) is 45.3 Å². The van der Waals surface area contributed by atoms with Crippen LogP contribution in [0.5, 0.6) is 0 Å². The molecule has 0 aliphatic carbocycles. The van der Waals surface area contributed by atoms with Gasteiger partial charge in [0.15, 0.2) is 0 Å². The second-order valence-electron chi connectivity index (χ2n) is 5.69. The minimum Gasteiger partial charge on any atom is -0.358 e. The quantitative estimate of drug-likeness (QED) is 0.723. The molecule has 0 aromatic heterocycles. The van der Waals surface area contributed by atoms with Gasteiger partial charge in [-0.3, -0.25) is 0 Å². The normalized spacial score (nSPS) is 24.7. The van der Waals surface area contributed by atoms with Gasteiger partial charge in [-0.15, -0.1) is 0 Å². The van der Waals surface area contributed by atoms with Crippen LogP contribution in [0.15, 0.2) is 22.7 Å². The van der Waals surface area contributed by atoms with E-state index in [9.17, 15) is 0 Å². The van der Waals surface area contributed by atoms with Gasteiger partial charge in [-0.1, -0.05) is 18.2 Å². The Hall–Kier alpha value is -0.800. The Morgan fingerprint density at radius 3 is 2.95 bits per heavy atom. The van der Waals surface area contributed by atoms with Gasteiger partial charge in [0.1, 0.15) is 6.23 Å². The highest BCUT2D eigenvalue weighted by molar-refractivity contribution is 9.10. The Morgan fingerprint density at radius 2 is 2.15 bits per heavy atom. The average Bonchev–Trinajstić information content (AvgIpc) is 2.45. The molecule has 20 heavy (non-hydrogen) atoms. The van der Waals surface area contributed by atoms with Crippen molar-refractivity contribution in [1.82, 2.24) is 0 Å². The second-order valence-corrected chi connectivity index (χ2v) is 6.48. The molecule has 1 unspecified atom stereocenters. The summed E-state index contributed by atoms with van der Waals surface area (Å²) in [5.41, 5.74) is 3.91. The molecule has 0 saturated carbocycles. The summed E-state index contributed by atoms with van der Waals surface area (Å²) >= 11 is 3.76. The van der Waals surface area contributed by atoms with Crippen LogP contribution in [0.3, 0.4) is 0 Å². The van der Waals surface area contributed by atoms with Crippen LogP contribution in [0.25, 0.3) is 6.08 Å². The molecule has 2 heterocycles. The topological polar surface area (TPSA) is 12.5 Å². The van der Waals surface area contributed by atoms with Crippen molar-refractivity contribution in [1.29, 1.82) is 0 Å². The first kappa shape index (κ1) is 14.2. The van der Waals surface area contributed by atoms with Crippen LogP contribution in [-0.4, -0.2) is 19.4 Å². The summed E-state index contributed by atoms with van der Waals surface area (Å²) in [6.07, 6.45) is 10.8. The standard InChI is InChI=1S/C17H22BrNO/c1-13-9-10-15-14(17(13)18)7-3-2-5-11-19(15)16-8-4-6-12-20-16/h3,7,9-10,16H,2,4-6,8,11-12H2,1H3/b7-3+. The van der Waals surface area contributed by atoms with Gasteiger partial charge in [0.2, 0.25) is 0 Å². The fraction of sp³-hybridized carbons (Fsp3) is 0.529. The lowest BCUT2D eigenvalue weighted by atomic mass is 10.0. The number of hydrogen-bond acceptors (Lipinski definition) is 2. The maximum Gasteiger partial charge on any atom is 0.130 e. The third-order valence-corrected chi connectivity index (χ3v) is 5.27. The molecule has 2 aliphatic heterocycles. The van der Waals surface area contributed by atoms with Gasteiger partial charge in [-0.2, -0.15) is 0 Å². The highest BCUT2D eigenvalue weighted by atomic mass is 79.9. The highest BCUT2D eigenvalue weighted by Gasteiger charge is 2.24. The maximum absolute atomic E-state index is 6.03. The first-order valence-electron chi connectivity index (χ1n) is 7.61. The molecule has 0 N–H and O–H groups in total. The van der Waals surface area contributed by atoms with Crippen LogP contribution < -0.4 is 4.90 Å². The van der Waals surface area contributed by atoms with Crippen molar-refractivity contribution >= 4 is 27.7 Å². The molecule has 3 rings (SSSR count). The molecular formula is C17H22BrNO. The molecule has 1 aromatic rings. The van der Waals surface area contributed by atoms with Gasteiger partial charge in [-0.25, -0.2) is 0 Å². The number of halogens is 1. The van der Waals surface area contributed by atoms with Gasteiger partial charge < -0.3 is 9.64 Å². The molecule has 3 heteroatoms. The first-order valence-corrected chi connectivity index (χ1v) is 8.40. The lowest BCUT2D eigenvalue weighted by Crippen LogP contribution is -2.41. The molecular weight excluding hydrogens is 314 g/mol. The fourth-order valence-electron chi connectivity index (χ4n) is 3.07. The van der Waals surface area contributed by atoms with Crippen molar-refractivity contribution in [3.05, 3.63) is 33.8 Å². The van der Waals surface area contributed by atoms with Crippen LogP contribution in [0, 0.1) is 6.92 Å². The number of ether oxygens (including phenoxy) is 1. The molecule has 0 amide bonds. The number of anilines is 1. The highest BCUT2D eigenvalue weighted by Crippen LogP contribution is 2.35. The minimum atomic E-state index is 0.253. The minimum absolute atomic E-state index is 0.253. The van der Waals surface area contributed by atoms with Crippen molar-refractivity contribution < 1.29 is 4.74 Å². The second kappa shape index (κ2) is 6.31. The van der Waals surface area contributed by atoms with Crippen molar-refractivity contribution in [2.24, 2.45) is 0 Å². The van der Waals surface area contributed by atoms with Crippen molar-refractivity contribution in [3.8, 4) is 0 Å². The summed E-state index contributed by atoms with van der Waals surface area (Å²) in [4.78, 5) is 2.47. The summed E-state index contributed by atoms with van der Waals surface area (Å²) in [6, 6.07) is 4.46. The lowest BCUT2D eigenvalue weighted by molar-refractivity contribution is 0.0141. The van der Waals surface area contributed by atoms with Crippen molar-refractivity contribution in [3.63, 3.8) is 0 Å². The Labute approximate surface area is 129 Å². The molecule has 0 spiro atoms. The number of hydrogen-bond donors (Lipinski definition) is 0. The first-order chi connectivity index (χ1) is 9.77. The van der Waals surface area contributed by atoms with Crippen LogP contribution in [0.1, 0.15) is 43.2 Å². The van der Waals surface area contributed by atoms with E-state index in [1.165, 1.54) is 40.5 Å². The Morgan fingerprint density at radius 1 is 1.25 bits per heavy atom. The molecule has 1 aromatic carbocycles. The zero-order valence-corrected chi connectivity index (χ0v) is 13.7. The molecule has 1 fully saturated rings. The Balaban J connectivity index is 2.01. The number of benzene rings is 1. The SMILES string of the molecule is Cc1ccc2c(c1Br)/C=C/CCCN2C1CCCCO1. The summed E-state index contributed by atoms with van der Waals surface area (Å²) in [6.45, 7) is 4.13.